The van der Waals surface area contributed by atoms with Gasteiger partial charge in [0, 0.05) is 44.1 Å². The van der Waals surface area contributed by atoms with Crippen molar-refractivity contribution in [3.8, 4) is 0 Å². The average Bonchev–Trinajstić information content (AvgIpc) is 2.66. The molecule has 2 aromatic rings. The molecule has 9 heteroatoms. The molecule has 0 bridgehead atoms. The minimum absolute atomic E-state index is 0.182. The van der Waals surface area contributed by atoms with E-state index in [1.165, 1.54) is 23.9 Å². The van der Waals surface area contributed by atoms with Crippen LogP contribution in [-0.4, -0.2) is 58.7 Å². The Bertz CT molecular complexity index is 972. The maximum atomic E-state index is 12.4. The van der Waals surface area contributed by atoms with Crippen molar-refractivity contribution in [2.45, 2.75) is 6.54 Å². The number of piperazine rings is 1. The molecule has 0 unspecified atom stereocenters. The molecule has 1 aliphatic heterocycles. The van der Waals surface area contributed by atoms with Gasteiger partial charge in [-0.25, -0.2) is 8.42 Å². The van der Waals surface area contributed by atoms with E-state index in [1.807, 2.05) is 12.1 Å². The molecule has 0 radical (unpaired) electrons. The van der Waals surface area contributed by atoms with Crippen molar-refractivity contribution in [1.82, 2.24) is 10.2 Å². The second-order valence-electron chi connectivity index (χ2n) is 7.21. The molecule has 1 aliphatic rings. The van der Waals surface area contributed by atoms with Gasteiger partial charge < -0.3 is 15.1 Å². The molecule has 0 spiro atoms. The predicted octanol–water partition coefficient (Wildman–Crippen LogP) is 2.39. The topological polar surface area (TPSA) is 81.8 Å². The fourth-order valence-electron chi connectivity index (χ4n) is 3.14. The van der Waals surface area contributed by atoms with Gasteiger partial charge in [-0.1, -0.05) is 23.7 Å². The van der Waals surface area contributed by atoms with Crippen LogP contribution in [0.4, 0.5) is 11.4 Å². The standard InChI is InChI=1S/C20H25ClN4O3S/c1-24-9-11-25(12-10-24)17-6-3-15(4-7-17)14-22-20(26)18-8-5-16(13-19(18)21)23-29(2,27)28/h3-8,13,23H,9-12,14H2,1-2H3,(H,22,26). The second kappa shape index (κ2) is 9.02. The fourth-order valence-corrected chi connectivity index (χ4v) is 3.97. The molecule has 1 amide bonds. The van der Waals surface area contributed by atoms with Crippen LogP contribution in [-0.2, 0) is 16.6 Å². The smallest absolute Gasteiger partial charge is 0.253 e. The summed E-state index contributed by atoms with van der Waals surface area (Å²) in [6.45, 7) is 4.50. The van der Waals surface area contributed by atoms with Crippen molar-refractivity contribution in [3.63, 3.8) is 0 Å². The molecule has 1 saturated heterocycles. The summed E-state index contributed by atoms with van der Waals surface area (Å²) in [4.78, 5) is 17.1. The zero-order chi connectivity index (χ0) is 21.0. The van der Waals surface area contributed by atoms with Gasteiger partial charge in [-0.05, 0) is 42.9 Å². The zero-order valence-electron chi connectivity index (χ0n) is 16.5. The molecule has 0 saturated carbocycles. The second-order valence-corrected chi connectivity index (χ2v) is 9.36. The van der Waals surface area contributed by atoms with Crippen molar-refractivity contribution in [2.24, 2.45) is 0 Å². The number of hydrogen-bond acceptors (Lipinski definition) is 5. The Morgan fingerprint density at radius 1 is 1.07 bits per heavy atom. The number of nitrogens with one attached hydrogen (secondary N) is 2. The molecule has 0 aliphatic carbocycles. The van der Waals surface area contributed by atoms with Crippen LogP contribution < -0.4 is 14.9 Å². The number of benzene rings is 2. The molecule has 1 heterocycles. The minimum atomic E-state index is -3.40. The summed E-state index contributed by atoms with van der Waals surface area (Å²) < 4.78 is 24.9. The molecule has 156 valence electrons. The quantitative estimate of drug-likeness (QED) is 0.726. The van der Waals surface area contributed by atoms with Crippen LogP contribution in [0.2, 0.25) is 5.02 Å². The molecule has 0 aromatic heterocycles. The Morgan fingerprint density at radius 3 is 2.31 bits per heavy atom. The van der Waals surface area contributed by atoms with Crippen LogP contribution in [0, 0.1) is 0 Å². The number of sulfonamides is 1. The number of likely N-dealkylation sites (N-methyl/N-ethyl adjacent to an activating group) is 1. The van der Waals surface area contributed by atoms with Gasteiger partial charge in [0.1, 0.15) is 0 Å². The maximum Gasteiger partial charge on any atom is 0.253 e. The highest BCUT2D eigenvalue weighted by atomic mass is 35.5. The van der Waals surface area contributed by atoms with Crippen LogP contribution in [0.15, 0.2) is 42.5 Å². The summed E-state index contributed by atoms with van der Waals surface area (Å²) in [5.41, 5.74) is 2.78. The van der Waals surface area contributed by atoms with Crippen LogP contribution >= 0.6 is 11.6 Å². The highest BCUT2D eigenvalue weighted by Gasteiger charge is 2.15. The fraction of sp³-hybridized carbons (Fsp3) is 0.350. The van der Waals surface area contributed by atoms with Gasteiger partial charge in [-0.3, -0.25) is 9.52 Å². The molecule has 29 heavy (non-hydrogen) atoms. The van der Waals surface area contributed by atoms with Crippen molar-refractivity contribution < 1.29 is 13.2 Å². The first-order chi connectivity index (χ1) is 13.7. The van der Waals surface area contributed by atoms with Crippen LogP contribution in [0.1, 0.15) is 15.9 Å². The summed E-state index contributed by atoms with van der Waals surface area (Å²) in [5.74, 6) is -0.316. The Morgan fingerprint density at radius 2 is 1.72 bits per heavy atom. The van der Waals surface area contributed by atoms with Crippen molar-refractivity contribution >= 4 is 38.9 Å². The molecule has 1 fully saturated rings. The molecule has 2 N–H and O–H groups in total. The van der Waals surface area contributed by atoms with E-state index in [0.29, 0.717) is 17.8 Å². The normalized spacial score (nSPS) is 15.2. The van der Waals surface area contributed by atoms with E-state index in [1.54, 1.807) is 0 Å². The molecule has 7 nitrogen and oxygen atoms in total. The Kier molecular flexibility index (Phi) is 6.66. The van der Waals surface area contributed by atoms with E-state index < -0.39 is 10.0 Å². The van der Waals surface area contributed by atoms with Crippen molar-refractivity contribution in [1.29, 1.82) is 0 Å². The van der Waals surface area contributed by atoms with Crippen molar-refractivity contribution in [2.75, 3.05) is 49.1 Å². The van der Waals surface area contributed by atoms with E-state index in [2.05, 4.69) is 39.0 Å². The highest BCUT2D eigenvalue weighted by Crippen LogP contribution is 2.22. The largest absolute Gasteiger partial charge is 0.369 e. The number of carbonyl (C=O) groups is 1. The summed E-state index contributed by atoms with van der Waals surface area (Å²) in [7, 11) is -1.27. The first-order valence-corrected chi connectivity index (χ1v) is 11.6. The number of carbonyl (C=O) groups excluding carboxylic acids is 1. The van der Waals surface area contributed by atoms with E-state index in [4.69, 9.17) is 11.6 Å². The third-order valence-electron chi connectivity index (χ3n) is 4.77. The first-order valence-electron chi connectivity index (χ1n) is 9.29. The van der Waals surface area contributed by atoms with Crippen LogP contribution in [0.25, 0.3) is 0 Å². The van der Waals surface area contributed by atoms with E-state index >= 15 is 0 Å². The molecular formula is C20H25ClN4O3S. The van der Waals surface area contributed by atoms with Crippen LogP contribution in [0.5, 0.6) is 0 Å². The lowest BCUT2D eigenvalue weighted by atomic mass is 10.1. The number of nitrogens with zero attached hydrogens (tertiary/aromatic N) is 2. The third kappa shape index (κ3) is 6.09. The van der Waals surface area contributed by atoms with Gasteiger partial charge in [0.05, 0.1) is 16.8 Å². The number of amides is 1. The monoisotopic (exact) mass is 436 g/mol. The minimum Gasteiger partial charge on any atom is -0.369 e. The molecular weight excluding hydrogens is 412 g/mol. The van der Waals surface area contributed by atoms with Crippen molar-refractivity contribution in [3.05, 3.63) is 58.6 Å². The summed E-state index contributed by atoms with van der Waals surface area (Å²) >= 11 is 6.15. The lowest BCUT2D eigenvalue weighted by Crippen LogP contribution is -2.44. The zero-order valence-corrected chi connectivity index (χ0v) is 18.1. The summed E-state index contributed by atoms with van der Waals surface area (Å²) in [6.07, 6.45) is 1.05. The van der Waals surface area contributed by atoms with Gasteiger partial charge in [0.2, 0.25) is 10.0 Å². The van der Waals surface area contributed by atoms with Gasteiger partial charge in [0.15, 0.2) is 0 Å². The third-order valence-corrected chi connectivity index (χ3v) is 5.69. The maximum absolute atomic E-state index is 12.4. The van der Waals surface area contributed by atoms with Gasteiger partial charge in [-0.15, -0.1) is 0 Å². The van der Waals surface area contributed by atoms with E-state index in [9.17, 15) is 13.2 Å². The molecule has 2 aromatic carbocycles. The summed E-state index contributed by atoms with van der Waals surface area (Å²) in [6, 6.07) is 12.6. The number of hydrogen-bond donors (Lipinski definition) is 2. The summed E-state index contributed by atoms with van der Waals surface area (Å²) in [5, 5.41) is 3.03. The Balaban J connectivity index is 1.57. The van der Waals surface area contributed by atoms with Gasteiger partial charge in [0.25, 0.3) is 5.91 Å². The SMILES string of the molecule is CN1CCN(c2ccc(CNC(=O)c3ccc(NS(C)(=O)=O)cc3Cl)cc2)CC1. The first kappa shape index (κ1) is 21.4. The predicted molar refractivity (Wildman–Crippen MR) is 117 cm³/mol. The van der Waals surface area contributed by atoms with Gasteiger partial charge in [-0.2, -0.15) is 0 Å². The molecule has 3 rings (SSSR count). The number of rotatable bonds is 6. The Hall–Kier alpha value is -2.29. The lowest BCUT2D eigenvalue weighted by molar-refractivity contribution is 0.0951. The van der Waals surface area contributed by atoms with Gasteiger partial charge >= 0.3 is 0 Å². The molecule has 0 atom stereocenters. The lowest BCUT2D eigenvalue weighted by Gasteiger charge is -2.34. The highest BCUT2D eigenvalue weighted by molar-refractivity contribution is 7.92. The average molecular weight is 437 g/mol. The Labute approximate surface area is 176 Å². The number of halogens is 1. The number of anilines is 2. The van der Waals surface area contributed by atoms with Crippen LogP contribution in [0.3, 0.4) is 0 Å². The van der Waals surface area contributed by atoms with E-state index in [-0.39, 0.29) is 10.9 Å². The van der Waals surface area contributed by atoms with E-state index in [0.717, 1.165) is 38.0 Å².